The van der Waals surface area contributed by atoms with E-state index in [1.54, 1.807) is 12.1 Å². The number of aromatic carboxylic acids is 1. The molecule has 4 heteroatoms. The van der Waals surface area contributed by atoms with Crippen molar-refractivity contribution in [1.29, 1.82) is 0 Å². The Morgan fingerprint density at radius 1 is 1.25 bits per heavy atom. The van der Waals surface area contributed by atoms with Crippen molar-refractivity contribution in [3.63, 3.8) is 0 Å². The first kappa shape index (κ1) is 14.9. The van der Waals surface area contributed by atoms with E-state index in [9.17, 15) is 4.79 Å². The first-order valence-electron chi connectivity index (χ1n) is 4.96. The second-order valence-electron chi connectivity index (χ2n) is 4.61. The summed E-state index contributed by atoms with van der Waals surface area (Å²) in [5.74, 6) is -0.884. The van der Waals surface area contributed by atoms with Gasteiger partial charge in [0.2, 0.25) is 0 Å². The van der Waals surface area contributed by atoms with Gasteiger partial charge in [-0.1, -0.05) is 12.1 Å². The van der Waals surface area contributed by atoms with Gasteiger partial charge in [-0.05, 0) is 38.5 Å². The van der Waals surface area contributed by atoms with Crippen LogP contribution in [0.2, 0.25) is 0 Å². The van der Waals surface area contributed by atoms with E-state index in [0.29, 0.717) is 5.56 Å². The third-order valence-electron chi connectivity index (χ3n) is 2.02. The van der Waals surface area contributed by atoms with E-state index in [-0.39, 0.29) is 17.9 Å². The fourth-order valence-corrected chi connectivity index (χ4v) is 1.13. The minimum Gasteiger partial charge on any atom is -1.00 e. The van der Waals surface area contributed by atoms with Gasteiger partial charge in [-0.15, -0.1) is 0 Å². The summed E-state index contributed by atoms with van der Waals surface area (Å²) in [7, 11) is 0. The van der Waals surface area contributed by atoms with E-state index in [4.69, 9.17) is 5.11 Å². The molecule has 2 N–H and O–H groups in total. The Balaban J connectivity index is 0.00000225. The van der Waals surface area contributed by atoms with Gasteiger partial charge in [-0.25, -0.2) is 4.79 Å². The highest BCUT2D eigenvalue weighted by molar-refractivity contribution is 5.87. The van der Waals surface area contributed by atoms with Gasteiger partial charge in [-0.2, -0.15) is 0 Å². The van der Waals surface area contributed by atoms with Crippen molar-refractivity contribution >= 4 is 5.97 Å². The summed E-state index contributed by atoms with van der Waals surface area (Å²) in [5.41, 5.74) is 1.50. The summed E-state index contributed by atoms with van der Waals surface area (Å²) >= 11 is 0. The normalized spacial score (nSPS) is 10.7. The maximum Gasteiger partial charge on any atom is 0.335 e. The lowest BCUT2D eigenvalue weighted by atomic mass is 10.1. The van der Waals surface area contributed by atoms with Crippen LogP contribution in [-0.4, -0.2) is 16.6 Å². The minimum absolute atomic E-state index is 0. The molecule has 90 valence electrons. The van der Waals surface area contributed by atoms with E-state index < -0.39 is 5.97 Å². The number of carboxylic acids is 1. The van der Waals surface area contributed by atoms with Crippen molar-refractivity contribution in [1.82, 2.24) is 5.32 Å². The molecule has 0 aliphatic carbocycles. The van der Waals surface area contributed by atoms with Crippen LogP contribution in [0.5, 0.6) is 0 Å². The predicted molar refractivity (Wildman–Crippen MR) is 60.0 cm³/mol. The summed E-state index contributed by atoms with van der Waals surface area (Å²) in [6, 6.07) is 6.92. The maximum absolute atomic E-state index is 10.6. The predicted octanol–water partition coefficient (Wildman–Crippen LogP) is -0.723. The van der Waals surface area contributed by atoms with Crippen LogP contribution >= 0.6 is 0 Å². The molecule has 16 heavy (non-hydrogen) atoms. The quantitative estimate of drug-likeness (QED) is 0.736. The highest BCUT2D eigenvalue weighted by atomic mass is 35.5. The number of benzene rings is 1. The van der Waals surface area contributed by atoms with Crippen LogP contribution < -0.4 is 17.7 Å². The number of halogens is 1. The van der Waals surface area contributed by atoms with Crippen molar-refractivity contribution < 1.29 is 22.3 Å². The van der Waals surface area contributed by atoms with Gasteiger partial charge >= 0.3 is 5.97 Å². The summed E-state index contributed by atoms with van der Waals surface area (Å²) in [6.07, 6.45) is 0. The van der Waals surface area contributed by atoms with Gasteiger partial charge in [0, 0.05) is 12.1 Å². The average molecular weight is 243 g/mol. The Bertz CT molecular complexity index is 341. The molecule has 0 heterocycles. The number of hydrogen-bond acceptors (Lipinski definition) is 2. The summed E-state index contributed by atoms with van der Waals surface area (Å²) < 4.78 is 0. The van der Waals surface area contributed by atoms with Crippen LogP contribution in [0, 0.1) is 0 Å². The highest BCUT2D eigenvalue weighted by Gasteiger charge is 2.08. The SMILES string of the molecule is CC(C)(C)NCc1ccc(C(=O)O)cc1.[Cl-]. The van der Waals surface area contributed by atoms with Crippen molar-refractivity contribution in [2.45, 2.75) is 32.9 Å². The fraction of sp³-hybridized carbons (Fsp3) is 0.417. The molecule has 1 aromatic carbocycles. The molecule has 0 fully saturated rings. The second-order valence-corrected chi connectivity index (χ2v) is 4.61. The molecule has 0 spiro atoms. The number of hydrogen-bond donors (Lipinski definition) is 2. The van der Waals surface area contributed by atoms with E-state index in [0.717, 1.165) is 12.1 Å². The van der Waals surface area contributed by atoms with Crippen molar-refractivity contribution in [3.05, 3.63) is 35.4 Å². The molecule has 0 amide bonds. The topological polar surface area (TPSA) is 49.3 Å². The van der Waals surface area contributed by atoms with E-state index in [1.807, 2.05) is 12.1 Å². The number of rotatable bonds is 3. The molecule has 0 aromatic heterocycles. The van der Waals surface area contributed by atoms with Gasteiger partial charge in [0.05, 0.1) is 5.56 Å². The molecule has 0 unspecified atom stereocenters. The molecule has 0 radical (unpaired) electrons. The molecule has 0 bridgehead atoms. The van der Waals surface area contributed by atoms with Crippen molar-refractivity contribution in [2.24, 2.45) is 0 Å². The standard InChI is InChI=1S/C12H17NO2.ClH/c1-12(2,3)13-8-9-4-6-10(7-5-9)11(14)15;/h4-7,13H,8H2,1-3H3,(H,14,15);1H/p-1. The van der Waals surface area contributed by atoms with E-state index in [1.165, 1.54) is 0 Å². The van der Waals surface area contributed by atoms with E-state index in [2.05, 4.69) is 26.1 Å². The van der Waals surface area contributed by atoms with Crippen LogP contribution in [0.3, 0.4) is 0 Å². The Morgan fingerprint density at radius 3 is 2.12 bits per heavy atom. The molecule has 0 atom stereocenters. The van der Waals surface area contributed by atoms with Crippen LogP contribution in [-0.2, 0) is 6.54 Å². The molecular weight excluding hydrogens is 226 g/mol. The van der Waals surface area contributed by atoms with Crippen molar-refractivity contribution in [2.75, 3.05) is 0 Å². The summed E-state index contributed by atoms with van der Waals surface area (Å²) in [4.78, 5) is 10.6. The smallest absolute Gasteiger partial charge is 0.335 e. The van der Waals surface area contributed by atoms with Crippen LogP contribution in [0.25, 0.3) is 0 Å². The lowest BCUT2D eigenvalue weighted by Crippen LogP contribution is -3.00. The Labute approximate surface area is 102 Å². The first-order valence-corrected chi connectivity index (χ1v) is 4.96. The monoisotopic (exact) mass is 242 g/mol. The summed E-state index contributed by atoms with van der Waals surface area (Å²) in [5, 5.41) is 12.1. The largest absolute Gasteiger partial charge is 1.00 e. The van der Waals surface area contributed by atoms with Crippen molar-refractivity contribution in [3.8, 4) is 0 Å². The molecule has 1 rings (SSSR count). The molecule has 0 saturated heterocycles. The zero-order chi connectivity index (χ0) is 11.5. The number of carbonyl (C=O) groups is 1. The number of nitrogens with one attached hydrogen (secondary N) is 1. The average Bonchev–Trinajstić information content (AvgIpc) is 2.14. The molecule has 3 nitrogen and oxygen atoms in total. The highest BCUT2D eigenvalue weighted by Crippen LogP contribution is 2.06. The third-order valence-corrected chi connectivity index (χ3v) is 2.02. The maximum atomic E-state index is 10.6. The molecule has 0 saturated carbocycles. The Hall–Kier alpha value is -1.06. The molecule has 1 aromatic rings. The van der Waals surface area contributed by atoms with Crippen LogP contribution in [0.15, 0.2) is 24.3 Å². The van der Waals surface area contributed by atoms with Crippen LogP contribution in [0.1, 0.15) is 36.7 Å². The Kier molecular flexibility index (Phi) is 5.48. The lowest BCUT2D eigenvalue weighted by molar-refractivity contribution is -0.0000194. The zero-order valence-electron chi connectivity index (χ0n) is 9.75. The van der Waals surface area contributed by atoms with Gasteiger partial charge in [0.15, 0.2) is 0 Å². The zero-order valence-corrected chi connectivity index (χ0v) is 10.5. The van der Waals surface area contributed by atoms with Gasteiger partial charge in [0.1, 0.15) is 0 Å². The summed E-state index contributed by atoms with van der Waals surface area (Å²) in [6.45, 7) is 7.04. The third kappa shape index (κ3) is 5.14. The molecule has 0 aliphatic rings. The van der Waals surface area contributed by atoms with Gasteiger partial charge in [-0.3, -0.25) is 0 Å². The fourth-order valence-electron chi connectivity index (χ4n) is 1.13. The lowest BCUT2D eigenvalue weighted by Gasteiger charge is -2.20. The minimum atomic E-state index is -0.884. The van der Waals surface area contributed by atoms with Gasteiger partial charge < -0.3 is 22.8 Å². The van der Waals surface area contributed by atoms with Gasteiger partial charge in [0.25, 0.3) is 0 Å². The van der Waals surface area contributed by atoms with E-state index >= 15 is 0 Å². The van der Waals surface area contributed by atoms with Crippen LogP contribution in [0.4, 0.5) is 0 Å². The first-order chi connectivity index (χ1) is 6.88. The number of carboxylic acid groups (broad SMARTS) is 1. The second kappa shape index (κ2) is 5.87. The molecular formula is C12H17ClNO2-. The Morgan fingerprint density at radius 2 is 1.75 bits per heavy atom. The molecule has 0 aliphatic heterocycles.